The van der Waals surface area contributed by atoms with Crippen LogP contribution in [0.25, 0.3) is 0 Å². The van der Waals surface area contributed by atoms with Crippen LogP contribution < -0.4 is 0 Å². The van der Waals surface area contributed by atoms with Crippen molar-refractivity contribution in [3.63, 3.8) is 0 Å². The molecule has 0 spiro atoms. The second-order valence-corrected chi connectivity index (χ2v) is 4.93. The molecule has 6 heteroatoms. The summed E-state index contributed by atoms with van der Waals surface area (Å²) >= 11 is 7.03. The first-order valence-electron chi connectivity index (χ1n) is 5.35. The summed E-state index contributed by atoms with van der Waals surface area (Å²) in [6, 6.07) is 13.6. The Labute approximate surface area is 119 Å². The number of hydrogen-bond acceptors (Lipinski definition) is 4. The minimum atomic E-state index is -0.425. The summed E-state index contributed by atoms with van der Waals surface area (Å²) in [5.74, 6) is 0. The molecule has 2 aromatic rings. The van der Waals surface area contributed by atoms with E-state index in [9.17, 15) is 10.1 Å². The highest BCUT2D eigenvalue weighted by Crippen LogP contribution is 2.22. The molecule has 4 nitrogen and oxygen atoms in total. The van der Waals surface area contributed by atoms with Gasteiger partial charge >= 0.3 is 0 Å². The van der Waals surface area contributed by atoms with E-state index in [0.29, 0.717) is 5.02 Å². The van der Waals surface area contributed by atoms with Gasteiger partial charge in [0.05, 0.1) is 4.92 Å². The molecule has 96 valence electrons. The zero-order chi connectivity index (χ0) is 13.7. The molecule has 2 aromatic carbocycles. The number of nitro groups is 1. The number of nitrogens with zero attached hydrogens (tertiary/aromatic N) is 2. The van der Waals surface area contributed by atoms with Gasteiger partial charge in [-0.15, -0.1) is 0 Å². The molecule has 0 radical (unpaired) electrons. The monoisotopic (exact) mass is 292 g/mol. The van der Waals surface area contributed by atoms with Crippen LogP contribution in [0.3, 0.4) is 0 Å². The normalized spacial score (nSPS) is 10.8. The van der Waals surface area contributed by atoms with E-state index in [1.165, 1.54) is 24.1 Å². The van der Waals surface area contributed by atoms with E-state index in [0.717, 1.165) is 10.5 Å². The van der Waals surface area contributed by atoms with Gasteiger partial charge in [-0.1, -0.05) is 23.7 Å². The van der Waals surface area contributed by atoms with Gasteiger partial charge in [-0.25, -0.2) is 4.40 Å². The van der Waals surface area contributed by atoms with Crippen LogP contribution in [0.4, 0.5) is 5.69 Å². The van der Waals surface area contributed by atoms with Crippen LogP contribution in [-0.2, 0) is 0 Å². The molecule has 0 aliphatic rings. The number of halogens is 1. The maximum Gasteiger partial charge on any atom is 0.269 e. The maximum atomic E-state index is 10.5. The number of nitro benzene ring substituents is 1. The van der Waals surface area contributed by atoms with Crippen LogP contribution in [0.1, 0.15) is 5.56 Å². The molecule has 0 amide bonds. The van der Waals surface area contributed by atoms with Gasteiger partial charge in [0, 0.05) is 40.2 Å². The van der Waals surface area contributed by atoms with Crippen molar-refractivity contribution in [2.24, 2.45) is 4.40 Å². The summed E-state index contributed by atoms with van der Waals surface area (Å²) in [4.78, 5) is 10.9. The number of benzene rings is 2. The third-order valence-electron chi connectivity index (χ3n) is 2.28. The maximum absolute atomic E-state index is 10.5. The lowest BCUT2D eigenvalue weighted by Crippen LogP contribution is -1.86. The van der Waals surface area contributed by atoms with Gasteiger partial charge in [0.1, 0.15) is 0 Å². The first-order valence-corrected chi connectivity index (χ1v) is 6.51. The average molecular weight is 293 g/mol. The topological polar surface area (TPSA) is 55.5 Å². The highest BCUT2D eigenvalue weighted by atomic mass is 35.5. The molecule has 19 heavy (non-hydrogen) atoms. The largest absolute Gasteiger partial charge is 0.269 e. The van der Waals surface area contributed by atoms with Crippen LogP contribution in [0, 0.1) is 10.1 Å². The fourth-order valence-corrected chi connectivity index (χ4v) is 2.01. The van der Waals surface area contributed by atoms with E-state index in [1.54, 1.807) is 30.5 Å². The molecule has 0 unspecified atom stereocenters. The van der Waals surface area contributed by atoms with Crippen LogP contribution in [-0.4, -0.2) is 11.1 Å². The van der Waals surface area contributed by atoms with Crippen LogP contribution in [0.15, 0.2) is 57.8 Å². The van der Waals surface area contributed by atoms with E-state index < -0.39 is 4.92 Å². The SMILES string of the molecule is O=[N+]([O-])c1ccc(SN=Cc2ccc(Cl)cc2)cc1. The lowest BCUT2D eigenvalue weighted by Gasteiger charge is -1.96. The second-order valence-electron chi connectivity index (χ2n) is 3.63. The lowest BCUT2D eigenvalue weighted by atomic mass is 10.2. The average Bonchev–Trinajstić information content (AvgIpc) is 2.41. The minimum Gasteiger partial charge on any atom is -0.258 e. The molecule has 0 bridgehead atoms. The molecule has 0 aliphatic heterocycles. The molecule has 0 saturated carbocycles. The van der Waals surface area contributed by atoms with Crippen molar-refractivity contribution in [2.75, 3.05) is 0 Å². The fraction of sp³-hybridized carbons (Fsp3) is 0. The third-order valence-corrected chi connectivity index (χ3v) is 3.22. The molecule has 0 aromatic heterocycles. The van der Waals surface area contributed by atoms with Crippen LogP contribution in [0.5, 0.6) is 0 Å². The number of rotatable bonds is 4. The molecule has 0 saturated heterocycles. The van der Waals surface area contributed by atoms with Crippen molar-refractivity contribution in [3.8, 4) is 0 Å². The molecule has 0 atom stereocenters. The van der Waals surface area contributed by atoms with Gasteiger partial charge in [0.2, 0.25) is 0 Å². The molecule has 2 rings (SSSR count). The van der Waals surface area contributed by atoms with Crippen LogP contribution in [0.2, 0.25) is 5.02 Å². The molecule has 0 fully saturated rings. The Morgan fingerprint density at radius 2 is 1.74 bits per heavy atom. The predicted molar refractivity (Wildman–Crippen MR) is 78.0 cm³/mol. The summed E-state index contributed by atoms with van der Waals surface area (Å²) in [7, 11) is 0. The Kier molecular flexibility index (Phi) is 4.54. The zero-order valence-corrected chi connectivity index (χ0v) is 11.3. The Morgan fingerprint density at radius 1 is 1.11 bits per heavy atom. The van der Waals surface area contributed by atoms with Crippen molar-refractivity contribution >= 4 is 35.5 Å². The molecule has 0 heterocycles. The van der Waals surface area contributed by atoms with Gasteiger partial charge < -0.3 is 0 Å². The van der Waals surface area contributed by atoms with E-state index in [2.05, 4.69) is 4.40 Å². The molecular formula is C13H9ClN2O2S. The first-order chi connectivity index (χ1) is 9.15. The number of non-ortho nitro benzene ring substituents is 1. The summed E-state index contributed by atoms with van der Waals surface area (Å²) in [5.41, 5.74) is 1.02. The van der Waals surface area contributed by atoms with Gasteiger partial charge in [-0.2, -0.15) is 0 Å². The standard InChI is InChI=1S/C13H9ClN2O2S/c14-11-3-1-10(2-4-11)9-15-19-13-7-5-12(6-8-13)16(17)18/h1-9H. The quantitative estimate of drug-likeness (QED) is 0.364. The van der Waals surface area contributed by atoms with E-state index in [1.807, 2.05) is 12.1 Å². The van der Waals surface area contributed by atoms with E-state index in [4.69, 9.17) is 11.6 Å². The zero-order valence-electron chi connectivity index (χ0n) is 9.69. The van der Waals surface area contributed by atoms with Crippen LogP contribution >= 0.6 is 23.5 Å². The Morgan fingerprint density at radius 3 is 2.32 bits per heavy atom. The van der Waals surface area contributed by atoms with Gasteiger partial charge in [0.25, 0.3) is 5.69 Å². The highest BCUT2D eigenvalue weighted by Gasteiger charge is 2.03. The van der Waals surface area contributed by atoms with Crippen molar-refractivity contribution in [3.05, 3.63) is 69.2 Å². The minimum absolute atomic E-state index is 0.0750. The third kappa shape index (κ3) is 4.08. The summed E-state index contributed by atoms with van der Waals surface area (Å²) < 4.78 is 4.19. The summed E-state index contributed by atoms with van der Waals surface area (Å²) in [6.45, 7) is 0. The van der Waals surface area contributed by atoms with Gasteiger partial charge in [-0.3, -0.25) is 10.1 Å². The Balaban J connectivity index is 1.98. The van der Waals surface area contributed by atoms with Gasteiger partial charge in [0.15, 0.2) is 0 Å². The smallest absolute Gasteiger partial charge is 0.258 e. The molecule has 0 N–H and O–H groups in total. The lowest BCUT2D eigenvalue weighted by molar-refractivity contribution is -0.384. The van der Waals surface area contributed by atoms with Gasteiger partial charge in [-0.05, 0) is 29.8 Å². The Bertz CT molecular complexity index is 597. The molecule has 0 aliphatic carbocycles. The molecular weight excluding hydrogens is 284 g/mol. The van der Waals surface area contributed by atoms with E-state index in [-0.39, 0.29) is 5.69 Å². The van der Waals surface area contributed by atoms with E-state index >= 15 is 0 Å². The van der Waals surface area contributed by atoms with Crippen molar-refractivity contribution < 1.29 is 4.92 Å². The Hall–Kier alpha value is -1.85. The van der Waals surface area contributed by atoms with Crippen molar-refractivity contribution in [1.82, 2.24) is 0 Å². The predicted octanol–water partition coefficient (Wildman–Crippen LogP) is 4.37. The van der Waals surface area contributed by atoms with Crippen molar-refractivity contribution in [2.45, 2.75) is 4.90 Å². The summed E-state index contributed by atoms with van der Waals surface area (Å²) in [5, 5.41) is 11.2. The summed E-state index contributed by atoms with van der Waals surface area (Å²) in [6.07, 6.45) is 1.71. The highest BCUT2D eigenvalue weighted by molar-refractivity contribution is 7.98. The first kappa shape index (κ1) is 13.6. The van der Waals surface area contributed by atoms with Crippen molar-refractivity contribution in [1.29, 1.82) is 0 Å². The fourth-order valence-electron chi connectivity index (χ4n) is 1.33. The second kappa shape index (κ2) is 6.36. The number of hydrogen-bond donors (Lipinski definition) is 0.